The summed E-state index contributed by atoms with van der Waals surface area (Å²) in [5, 5.41) is 6.62. The Bertz CT molecular complexity index is 500. The van der Waals surface area contributed by atoms with Crippen molar-refractivity contribution in [3.8, 4) is 10.6 Å². The zero-order valence-corrected chi connectivity index (χ0v) is 11.3. The van der Waals surface area contributed by atoms with Crippen molar-refractivity contribution in [2.24, 2.45) is 0 Å². The van der Waals surface area contributed by atoms with Crippen molar-refractivity contribution < 1.29 is 0 Å². The van der Waals surface area contributed by atoms with Crippen LogP contribution in [0, 0.1) is 0 Å². The molecule has 2 nitrogen and oxygen atoms in total. The van der Waals surface area contributed by atoms with Gasteiger partial charge in [0.25, 0.3) is 0 Å². The van der Waals surface area contributed by atoms with Crippen LogP contribution in [0.3, 0.4) is 0 Å². The highest BCUT2D eigenvalue weighted by molar-refractivity contribution is 7.98. The molecule has 0 atom stereocenters. The summed E-state index contributed by atoms with van der Waals surface area (Å²) in [4.78, 5) is 6.03. The third-order valence-corrected chi connectivity index (χ3v) is 4.71. The summed E-state index contributed by atoms with van der Waals surface area (Å²) in [7, 11) is 0. The van der Waals surface area contributed by atoms with E-state index in [1.54, 1.807) is 23.1 Å². The Morgan fingerprint density at radius 1 is 1.29 bits per heavy atom. The number of nitrogens with zero attached hydrogens (tertiary/aromatic N) is 1. The van der Waals surface area contributed by atoms with Crippen molar-refractivity contribution in [1.29, 1.82) is 0 Å². The van der Waals surface area contributed by atoms with Gasteiger partial charge in [-0.05, 0) is 18.4 Å². The highest BCUT2D eigenvalue weighted by atomic mass is 32.2. The molecular weight excluding hydrogens is 248 g/mol. The fourth-order valence-corrected chi connectivity index (χ4v) is 3.15. The normalized spacial score (nSPS) is 15.8. The van der Waals surface area contributed by atoms with Gasteiger partial charge in [0, 0.05) is 34.8 Å². The van der Waals surface area contributed by atoms with E-state index in [1.165, 1.54) is 16.2 Å². The molecule has 0 unspecified atom stereocenters. The van der Waals surface area contributed by atoms with Gasteiger partial charge in [0.2, 0.25) is 0 Å². The molecule has 1 aromatic carbocycles. The number of nitrogens with one attached hydrogen (secondary N) is 1. The highest BCUT2D eigenvalue weighted by Gasteiger charge is 2.21. The van der Waals surface area contributed by atoms with Gasteiger partial charge in [0.05, 0.1) is 5.69 Å². The number of hydrogen-bond donors (Lipinski definition) is 1. The van der Waals surface area contributed by atoms with E-state index in [-0.39, 0.29) is 0 Å². The molecule has 2 aromatic rings. The largest absolute Gasteiger partial charge is 0.315 e. The average Bonchev–Trinajstić information content (AvgIpc) is 2.76. The third-order valence-electron chi connectivity index (χ3n) is 3.06. The highest BCUT2D eigenvalue weighted by Crippen LogP contribution is 2.29. The molecule has 88 valence electrons. The Labute approximate surface area is 109 Å². The second-order valence-corrected chi connectivity index (χ2v) is 5.90. The molecule has 1 N–H and O–H groups in total. The van der Waals surface area contributed by atoms with Crippen LogP contribution in [0.4, 0.5) is 0 Å². The summed E-state index contributed by atoms with van der Waals surface area (Å²) >= 11 is 3.52. The fraction of sp³-hybridized carbons (Fsp3) is 0.308. The second kappa shape index (κ2) is 4.80. The maximum Gasteiger partial charge on any atom is 0.123 e. The molecule has 1 fully saturated rings. The lowest BCUT2D eigenvalue weighted by Gasteiger charge is -2.25. The van der Waals surface area contributed by atoms with Crippen molar-refractivity contribution in [2.75, 3.05) is 19.3 Å². The molecule has 0 saturated carbocycles. The summed E-state index contributed by atoms with van der Waals surface area (Å²) in [6.07, 6.45) is 2.10. The van der Waals surface area contributed by atoms with E-state index >= 15 is 0 Å². The Hall–Kier alpha value is -0.840. The average molecular weight is 262 g/mol. The molecule has 3 rings (SSSR count). The van der Waals surface area contributed by atoms with Crippen LogP contribution in [-0.2, 0) is 0 Å². The van der Waals surface area contributed by atoms with E-state index in [4.69, 9.17) is 4.98 Å². The van der Waals surface area contributed by atoms with Gasteiger partial charge in [-0.2, -0.15) is 0 Å². The third kappa shape index (κ3) is 2.25. The van der Waals surface area contributed by atoms with Gasteiger partial charge >= 0.3 is 0 Å². The van der Waals surface area contributed by atoms with E-state index in [1.807, 2.05) is 0 Å². The molecular formula is C13H14N2S2. The van der Waals surface area contributed by atoms with Crippen LogP contribution in [0.25, 0.3) is 10.6 Å². The maximum atomic E-state index is 4.73. The van der Waals surface area contributed by atoms with E-state index in [0.717, 1.165) is 18.1 Å². The van der Waals surface area contributed by atoms with Crippen LogP contribution in [-0.4, -0.2) is 24.3 Å². The first-order valence-corrected chi connectivity index (χ1v) is 7.78. The van der Waals surface area contributed by atoms with Crippen molar-refractivity contribution >= 4 is 23.1 Å². The molecule has 0 radical (unpaired) electrons. The zero-order valence-electron chi connectivity index (χ0n) is 9.64. The summed E-state index contributed by atoms with van der Waals surface area (Å²) in [5.74, 6) is 0.630. The van der Waals surface area contributed by atoms with E-state index in [2.05, 4.69) is 41.2 Å². The molecule has 4 heteroatoms. The molecule has 1 aliphatic rings. The van der Waals surface area contributed by atoms with Crippen molar-refractivity contribution in [1.82, 2.24) is 10.3 Å². The Morgan fingerprint density at radius 2 is 2.06 bits per heavy atom. The molecule has 17 heavy (non-hydrogen) atoms. The van der Waals surface area contributed by atoms with Crippen molar-refractivity contribution in [2.45, 2.75) is 10.8 Å². The maximum absolute atomic E-state index is 4.73. The standard InChI is InChI=1S/C13H14N2S2/c1-16-11-4-2-9(3-5-11)13-15-12(8-17-13)10-6-14-7-10/h2-5,8,10,14H,6-7H2,1H3. The lowest BCUT2D eigenvalue weighted by Crippen LogP contribution is -2.40. The number of hydrogen-bond acceptors (Lipinski definition) is 4. The quantitative estimate of drug-likeness (QED) is 0.860. The van der Waals surface area contributed by atoms with E-state index in [9.17, 15) is 0 Å². The van der Waals surface area contributed by atoms with E-state index in [0.29, 0.717) is 5.92 Å². The van der Waals surface area contributed by atoms with Gasteiger partial charge in [0.1, 0.15) is 5.01 Å². The molecule has 1 aromatic heterocycles. The molecule has 1 aliphatic heterocycles. The molecule has 0 bridgehead atoms. The van der Waals surface area contributed by atoms with Crippen molar-refractivity contribution in [3.05, 3.63) is 35.3 Å². The Balaban J connectivity index is 1.84. The first-order valence-electron chi connectivity index (χ1n) is 5.67. The Morgan fingerprint density at radius 3 is 2.65 bits per heavy atom. The van der Waals surface area contributed by atoms with Crippen LogP contribution in [0.5, 0.6) is 0 Å². The number of thiazole rings is 1. The molecule has 0 spiro atoms. The van der Waals surface area contributed by atoms with Gasteiger partial charge in [-0.3, -0.25) is 0 Å². The minimum atomic E-state index is 0.630. The monoisotopic (exact) mass is 262 g/mol. The van der Waals surface area contributed by atoms with Crippen LogP contribution >= 0.6 is 23.1 Å². The molecule has 0 aliphatic carbocycles. The number of aromatic nitrogens is 1. The summed E-state index contributed by atoms with van der Waals surface area (Å²) in [6.45, 7) is 2.16. The van der Waals surface area contributed by atoms with Crippen molar-refractivity contribution in [3.63, 3.8) is 0 Å². The minimum Gasteiger partial charge on any atom is -0.315 e. The fourth-order valence-electron chi connectivity index (χ4n) is 1.84. The summed E-state index contributed by atoms with van der Waals surface area (Å²) < 4.78 is 0. The number of rotatable bonds is 3. The smallest absolute Gasteiger partial charge is 0.123 e. The Kier molecular flexibility index (Phi) is 3.18. The lowest BCUT2D eigenvalue weighted by molar-refractivity contribution is 0.441. The zero-order chi connectivity index (χ0) is 11.7. The summed E-state index contributed by atoms with van der Waals surface area (Å²) in [5.41, 5.74) is 2.48. The SMILES string of the molecule is CSc1ccc(-c2nc(C3CNC3)cs2)cc1. The molecule has 1 saturated heterocycles. The van der Waals surface area contributed by atoms with Gasteiger partial charge in [0.15, 0.2) is 0 Å². The van der Waals surface area contributed by atoms with Crippen LogP contribution < -0.4 is 5.32 Å². The van der Waals surface area contributed by atoms with Gasteiger partial charge in [-0.25, -0.2) is 4.98 Å². The summed E-state index contributed by atoms with van der Waals surface area (Å²) in [6, 6.07) is 8.64. The number of benzene rings is 1. The van der Waals surface area contributed by atoms with Gasteiger partial charge < -0.3 is 5.32 Å². The molecule has 0 amide bonds. The first-order chi connectivity index (χ1) is 8.36. The topological polar surface area (TPSA) is 24.9 Å². The minimum absolute atomic E-state index is 0.630. The predicted molar refractivity (Wildman–Crippen MR) is 74.9 cm³/mol. The van der Waals surface area contributed by atoms with Crippen LogP contribution in [0.1, 0.15) is 11.6 Å². The second-order valence-electron chi connectivity index (χ2n) is 4.16. The lowest BCUT2D eigenvalue weighted by atomic mass is 10.0. The van der Waals surface area contributed by atoms with Gasteiger partial charge in [-0.1, -0.05) is 12.1 Å². The first kappa shape index (κ1) is 11.3. The predicted octanol–water partition coefficient (Wildman–Crippen LogP) is 3.22. The molecule has 2 heterocycles. The van der Waals surface area contributed by atoms with Crippen LogP contribution in [0.15, 0.2) is 34.5 Å². The number of thioether (sulfide) groups is 1. The van der Waals surface area contributed by atoms with Gasteiger partial charge in [-0.15, -0.1) is 23.1 Å². The van der Waals surface area contributed by atoms with Crippen LogP contribution in [0.2, 0.25) is 0 Å². The van der Waals surface area contributed by atoms with E-state index < -0.39 is 0 Å².